The van der Waals surface area contributed by atoms with Crippen LogP contribution in [0.3, 0.4) is 0 Å². The van der Waals surface area contributed by atoms with Gasteiger partial charge in [-0.3, -0.25) is 10.1 Å². The minimum Gasteiger partial charge on any atom is -0.479 e. The zero-order valence-electron chi connectivity index (χ0n) is 10.5. The zero-order valence-corrected chi connectivity index (χ0v) is 11.3. The van der Waals surface area contributed by atoms with E-state index in [2.05, 4.69) is 5.32 Å². The second kappa shape index (κ2) is 6.02. The Bertz CT molecular complexity index is 722. The van der Waals surface area contributed by atoms with Gasteiger partial charge in [0.15, 0.2) is 6.04 Å². The minimum atomic E-state index is -1.10. The normalized spacial score (nSPS) is 11.4. The van der Waals surface area contributed by atoms with E-state index in [1.807, 2.05) is 6.07 Å². The Hall–Kier alpha value is -2.92. The van der Waals surface area contributed by atoms with Crippen LogP contribution in [-0.4, -0.2) is 16.0 Å². The highest BCUT2D eigenvalue weighted by Gasteiger charge is 2.22. The summed E-state index contributed by atoms with van der Waals surface area (Å²) in [7, 11) is 0. The zero-order chi connectivity index (χ0) is 15.4. The molecule has 0 aliphatic rings. The monoisotopic (exact) mass is 303 g/mol. The van der Waals surface area contributed by atoms with Gasteiger partial charge in [0.25, 0.3) is 5.69 Å². The van der Waals surface area contributed by atoms with Crippen molar-refractivity contribution in [3.05, 3.63) is 56.3 Å². The molecule has 0 aliphatic carbocycles. The van der Waals surface area contributed by atoms with Gasteiger partial charge in [0, 0.05) is 17.0 Å². The Balaban J connectivity index is 2.36. The molecular formula is C13H9N3O4S. The summed E-state index contributed by atoms with van der Waals surface area (Å²) >= 11 is 1.27. The molecule has 0 saturated heterocycles. The number of nitriles is 1. The summed E-state index contributed by atoms with van der Waals surface area (Å²) in [5.74, 6) is -1.10. The Morgan fingerprint density at radius 2 is 2.24 bits per heavy atom. The van der Waals surface area contributed by atoms with E-state index in [1.54, 1.807) is 17.5 Å². The van der Waals surface area contributed by atoms with Crippen LogP contribution in [0.5, 0.6) is 0 Å². The van der Waals surface area contributed by atoms with Crippen molar-refractivity contribution in [3.8, 4) is 6.07 Å². The van der Waals surface area contributed by atoms with Gasteiger partial charge in [0.05, 0.1) is 16.2 Å². The maximum Gasteiger partial charge on any atom is 0.331 e. The van der Waals surface area contributed by atoms with Crippen LogP contribution in [0, 0.1) is 21.4 Å². The molecule has 1 unspecified atom stereocenters. The topological polar surface area (TPSA) is 116 Å². The molecule has 0 amide bonds. The molecule has 1 atom stereocenters. The summed E-state index contributed by atoms with van der Waals surface area (Å²) in [6, 6.07) is 7.85. The van der Waals surface area contributed by atoms with Crippen LogP contribution in [0.1, 0.15) is 16.5 Å². The number of carboxylic acid groups (broad SMARTS) is 1. The summed E-state index contributed by atoms with van der Waals surface area (Å²) in [5, 5.41) is 33.5. The summed E-state index contributed by atoms with van der Waals surface area (Å²) in [5.41, 5.74) is 0.0380. The largest absolute Gasteiger partial charge is 0.479 e. The Morgan fingerprint density at radius 3 is 2.76 bits per heavy atom. The first-order valence-corrected chi connectivity index (χ1v) is 6.62. The average Bonchev–Trinajstić information content (AvgIpc) is 2.97. The molecule has 8 heteroatoms. The molecule has 0 aliphatic heterocycles. The number of benzene rings is 1. The number of hydrogen-bond donors (Lipinski definition) is 2. The fourth-order valence-electron chi connectivity index (χ4n) is 1.73. The number of hydrogen-bond acceptors (Lipinski definition) is 6. The molecule has 2 N–H and O–H groups in total. The van der Waals surface area contributed by atoms with Gasteiger partial charge in [-0.05, 0) is 17.5 Å². The van der Waals surface area contributed by atoms with Gasteiger partial charge >= 0.3 is 5.97 Å². The first kappa shape index (κ1) is 14.5. The quantitative estimate of drug-likeness (QED) is 0.648. The number of nitrogens with zero attached hydrogens (tertiary/aromatic N) is 2. The van der Waals surface area contributed by atoms with Gasteiger partial charge in [-0.2, -0.15) is 5.26 Å². The summed E-state index contributed by atoms with van der Waals surface area (Å²) < 4.78 is 0. The molecule has 2 rings (SSSR count). The van der Waals surface area contributed by atoms with Crippen molar-refractivity contribution < 1.29 is 14.8 Å². The second-order valence-electron chi connectivity index (χ2n) is 4.03. The number of aliphatic carboxylic acids is 1. The van der Waals surface area contributed by atoms with E-state index in [4.69, 9.17) is 5.26 Å². The Labute approximate surface area is 123 Å². The van der Waals surface area contributed by atoms with Gasteiger partial charge in [-0.1, -0.05) is 6.07 Å². The molecule has 2 aromatic rings. The van der Waals surface area contributed by atoms with Crippen molar-refractivity contribution in [3.63, 3.8) is 0 Å². The van der Waals surface area contributed by atoms with Gasteiger partial charge in [0.2, 0.25) is 0 Å². The van der Waals surface area contributed by atoms with Gasteiger partial charge in [0.1, 0.15) is 6.07 Å². The van der Waals surface area contributed by atoms with Gasteiger partial charge in [-0.15, -0.1) is 11.3 Å². The van der Waals surface area contributed by atoms with Crippen molar-refractivity contribution in [2.75, 3.05) is 5.32 Å². The summed E-state index contributed by atoms with van der Waals surface area (Å²) in [6.45, 7) is 0. The molecule has 0 bridgehead atoms. The van der Waals surface area contributed by atoms with Crippen LogP contribution in [0.4, 0.5) is 11.4 Å². The lowest BCUT2D eigenvalue weighted by Crippen LogP contribution is -2.20. The van der Waals surface area contributed by atoms with Crippen LogP contribution >= 0.6 is 11.3 Å². The number of anilines is 1. The lowest BCUT2D eigenvalue weighted by molar-refractivity contribution is -0.384. The van der Waals surface area contributed by atoms with Crippen LogP contribution in [-0.2, 0) is 4.79 Å². The van der Waals surface area contributed by atoms with Crippen molar-refractivity contribution in [2.24, 2.45) is 0 Å². The standard InChI is InChI=1S/C13H9N3O4S/c14-7-8-6-9(16(19)20)3-4-10(8)15-12(13(17)18)11-2-1-5-21-11/h1-6,12,15H,(H,17,18). The van der Waals surface area contributed by atoms with E-state index in [0.717, 1.165) is 6.07 Å². The average molecular weight is 303 g/mol. The second-order valence-corrected chi connectivity index (χ2v) is 5.01. The van der Waals surface area contributed by atoms with Crippen molar-refractivity contribution >= 4 is 28.7 Å². The van der Waals surface area contributed by atoms with Gasteiger partial charge in [-0.25, -0.2) is 4.79 Å². The fourth-order valence-corrected chi connectivity index (χ4v) is 2.50. The molecule has 0 fully saturated rings. The van der Waals surface area contributed by atoms with E-state index in [0.29, 0.717) is 4.88 Å². The predicted molar refractivity (Wildman–Crippen MR) is 76.1 cm³/mol. The van der Waals surface area contributed by atoms with E-state index in [1.165, 1.54) is 23.5 Å². The van der Waals surface area contributed by atoms with Crippen molar-refractivity contribution in [1.29, 1.82) is 5.26 Å². The number of carboxylic acids is 1. The van der Waals surface area contributed by atoms with E-state index < -0.39 is 16.9 Å². The maximum atomic E-state index is 11.3. The lowest BCUT2D eigenvalue weighted by atomic mass is 10.1. The fraction of sp³-hybridized carbons (Fsp3) is 0.0769. The highest BCUT2D eigenvalue weighted by Crippen LogP contribution is 2.27. The van der Waals surface area contributed by atoms with Crippen LogP contribution in [0.15, 0.2) is 35.7 Å². The lowest BCUT2D eigenvalue weighted by Gasteiger charge is -2.15. The highest BCUT2D eigenvalue weighted by atomic mass is 32.1. The third-order valence-corrected chi connectivity index (χ3v) is 3.65. The third-order valence-electron chi connectivity index (χ3n) is 2.71. The molecule has 106 valence electrons. The summed E-state index contributed by atoms with van der Waals surface area (Å²) in [4.78, 5) is 22.0. The Morgan fingerprint density at radius 1 is 1.48 bits per heavy atom. The number of rotatable bonds is 5. The molecular weight excluding hydrogens is 294 g/mol. The molecule has 1 aromatic heterocycles. The third kappa shape index (κ3) is 3.16. The number of nitro groups is 1. The van der Waals surface area contributed by atoms with Crippen LogP contribution < -0.4 is 5.32 Å². The molecule has 0 saturated carbocycles. The number of thiophene rings is 1. The van der Waals surface area contributed by atoms with Crippen LogP contribution in [0.25, 0.3) is 0 Å². The first-order chi connectivity index (χ1) is 10.0. The highest BCUT2D eigenvalue weighted by molar-refractivity contribution is 7.10. The van der Waals surface area contributed by atoms with E-state index in [9.17, 15) is 20.0 Å². The van der Waals surface area contributed by atoms with E-state index >= 15 is 0 Å². The molecule has 0 spiro atoms. The number of non-ortho nitro benzene ring substituents is 1. The van der Waals surface area contributed by atoms with E-state index in [-0.39, 0.29) is 16.9 Å². The SMILES string of the molecule is N#Cc1cc([N+](=O)[O-])ccc1NC(C(=O)O)c1cccs1. The van der Waals surface area contributed by atoms with Crippen LogP contribution in [0.2, 0.25) is 0 Å². The molecule has 1 heterocycles. The smallest absolute Gasteiger partial charge is 0.331 e. The maximum absolute atomic E-state index is 11.3. The summed E-state index contributed by atoms with van der Waals surface area (Å²) in [6.07, 6.45) is 0. The molecule has 0 radical (unpaired) electrons. The molecule has 1 aromatic carbocycles. The number of nitro benzene ring substituents is 1. The Kier molecular flexibility index (Phi) is 4.15. The van der Waals surface area contributed by atoms with Crippen molar-refractivity contribution in [2.45, 2.75) is 6.04 Å². The van der Waals surface area contributed by atoms with Gasteiger partial charge < -0.3 is 10.4 Å². The number of carbonyl (C=O) groups is 1. The molecule has 21 heavy (non-hydrogen) atoms. The minimum absolute atomic E-state index is 0.0204. The van der Waals surface area contributed by atoms with Crippen molar-refractivity contribution in [1.82, 2.24) is 0 Å². The molecule has 7 nitrogen and oxygen atoms in total. The predicted octanol–water partition coefficient (Wildman–Crippen LogP) is 2.77. The number of nitrogens with one attached hydrogen (secondary N) is 1. The first-order valence-electron chi connectivity index (χ1n) is 5.74.